The van der Waals surface area contributed by atoms with Crippen molar-refractivity contribution in [2.45, 2.75) is 6.10 Å². The number of rotatable bonds is 8. The van der Waals surface area contributed by atoms with Crippen molar-refractivity contribution in [3.8, 4) is 0 Å². The molecule has 0 aliphatic heterocycles. The lowest BCUT2D eigenvalue weighted by molar-refractivity contribution is -0.245. The summed E-state index contributed by atoms with van der Waals surface area (Å²) in [5.41, 5.74) is 0. The topological polar surface area (TPSA) is 133 Å². The zero-order valence-corrected chi connectivity index (χ0v) is 8.36. The molecule has 92 valence electrons. The Kier molecular flexibility index (Phi) is 7.63. The van der Waals surface area contributed by atoms with E-state index in [1.165, 1.54) is 0 Å². The van der Waals surface area contributed by atoms with Crippen LogP contribution < -0.4 is 5.84 Å². The van der Waals surface area contributed by atoms with Crippen LogP contribution in [0.25, 0.3) is 0 Å². The third kappa shape index (κ3) is 9.89. The minimum atomic E-state index is -0.958. The maximum Gasteiger partial charge on any atom is 0.130 e. The SMILES string of the molecule is CN([O-])OCC(CON(C)[O-])ON(N)[O-]. The average molecular weight is 225 g/mol. The average Bonchev–Trinajstić information content (AvgIpc) is 2.08. The van der Waals surface area contributed by atoms with Crippen LogP contribution in [0.15, 0.2) is 0 Å². The number of nitrogens with zero attached hydrogens (tertiary/aromatic N) is 3. The lowest BCUT2D eigenvalue weighted by Crippen LogP contribution is -2.38. The van der Waals surface area contributed by atoms with Gasteiger partial charge in [0, 0.05) is 0 Å². The summed E-state index contributed by atoms with van der Waals surface area (Å²) in [4.78, 5) is 13.4. The highest BCUT2D eigenvalue weighted by molar-refractivity contribution is 4.53. The van der Waals surface area contributed by atoms with Gasteiger partial charge < -0.3 is 25.3 Å². The molecule has 0 bridgehead atoms. The van der Waals surface area contributed by atoms with Gasteiger partial charge in [0.25, 0.3) is 0 Å². The molecule has 0 aliphatic rings. The maximum atomic E-state index is 10.4. The largest absolute Gasteiger partial charge is 0.762 e. The lowest BCUT2D eigenvalue weighted by atomic mass is 10.4. The molecule has 0 aromatic rings. The van der Waals surface area contributed by atoms with Gasteiger partial charge in [0.15, 0.2) is 0 Å². The van der Waals surface area contributed by atoms with Gasteiger partial charge in [-0.25, -0.2) is 0 Å². The second-order valence-corrected chi connectivity index (χ2v) is 2.48. The highest BCUT2D eigenvalue weighted by atomic mass is 16.9. The summed E-state index contributed by atoms with van der Waals surface area (Å²) in [5.74, 6) is 4.67. The Hall–Kier alpha value is -0.400. The minimum absolute atomic E-state index is 0.170. The summed E-state index contributed by atoms with van der Waals surface area (Å²) in [6, 6.07) is 0. The highest BCUT2D eigenvalue weighted by Crippen LogP contribution is 1.98. The van der Waals surface area contributed by atoms with Crippen LogP contribution in [-0.2, 0) is 14.5 Å². The quantitative estimate of drug-likeness (QED) is 0.391. The third-order valence-corrected chi connectivity index (χ3v) is 1.14. The van der Waals surface area contributed by atoms with Crippen molar-refractivity contribution in [1.29, 1.82) is 0 Å². The van der Waals surface area contributed by atoms with Gasteiger partial charge in [-0.3, -0.25) is 21.1 Å². The Labute approximate surface area is 86.2 Å². The maximum absolute atomic E-state index is 10.4. The van der Waals surface area contributed by atoms with E-state index in [1.54, 1.807) is 0 Å². The van der Waals surface area contributed by atoms with Gasteiger partial charge in [-0.1, -0.05) is 0 Å². The fourth-order valence-electron chi connectivity index (χ4n) is 0.632. The van der Waals surface area contributed by atoms with Crippen molar-refractivity contribution in [3.05, 3.63) is 15.6 Å². The molecular weight excluding hydrogens is 212 g/mol. The first kappa shape index (κ1) is 14.6. The van der Waals surface area contributed by atoms with Crippen LogP contribution in [0.2, 0.25) is 0 Å². The van der Waals surface area contributed by atoms with E-state index in [2.05, 4.69) is 20.4 Å². The van der Waals surface area contributed by atoms with Gasteiger partial charge in [-0.2, -0.15) is 5.34 Å². The molecular formula is C5H13N4O6-3. The summed E-state index contributed by atoms with van der Waals surface area (Å²) in [5, 5.41) is 31.1. The van der Waals surface area contributed by atoms with E-state index in [0.29, 0.717) is 0 Å². The van der Waals surface area contributed by atoms with E-state index in [0.717, 1.165) is 14.1 Å². The van der Waals surface area contributed by atoms with E-state index in [9.17, 15) is 15.6 Å². The van der Waals surface area contributed by atoms with Gasteiger partial charge in [0.05, 0.1) is 13.2 Å². The smallest absolute Gasteiger partial charge is 0.130 e. The molecule has 10 heteroatoms. The third-order valence-electron chi connectivity index (χ3n) is 1.14. The zero-order chi connectivity index (χ0) is 11.8. The Balaban J connectivity index is 3.84. The molecule has 0 spiro atoms. The molecule has 0 saturated heterocycles. The first-order valence-electron chi connectivity index (χ1n) is 3.88. The Morgan fingerprint density at radius 3 is 1.73 bits per heavy atom. The van der Waals surface area contributed by atoms with Crippen LogP contribution in [0.5, 0.6) is 0 Å². The predicted molar refractivity (Wildman–Crippen MR) is 48.4 cm³/mol. The van der Waals surface area contributed by atoms with Gasteiger partial charge in [0.1, 0.15) is 6.10 Å². The van der Waals surface area contributed by atoms with Crippen LogP contribution in [0.1, 0.15) is 0 Å². The van der Waals surface area contributed by atoms with Gasteiger partial charge >= 0.3 is 0 Å². The molecule has 0 unspecified atom stereocenters. The molecule has 10 nitrogen and oxygen atoms in total. The molecule has 0 radical (unpaired) electrons. The predicted octanol–water partition coefficient (Wildman–Crippen LogP) is -1.32. The summed E-state index contributed by atoms with van der Waals surface area (Å²) in [7, 11) is 2.21. The van der Waals surface area contributed by atoms with Crippen molar-refractivity contribution in [2.24, 2.45) is 5.84 Å². The molecule has 0 rings (SSSR count). The highest BCUT2D eigenvalue weighted by Gasteiger charge is 2.11. The van der Waals surface area contributed by atoms with E-state index in [1.807, 2.05) is 0 Å². The standard InChI is InChI=1S/C5H13N4O6/c1-7(10)13-3-5(15-9(6)12)4-14-8(2)11/h5H,3-4,6H2,1-2H3/q-3. The molecule has 0 saturated carbocycles. The van der Waals surface area contributed by atoms with E-state index >= 15 is 0 Å². The lowest BCUT2D eigenvalue weighted by Gasteiger charge is -2.31. The summed E-state index contributed by atoms with van der Waals surface area (Å²) in [6.07, 6.45) is -0.958. The number of nitrogens with two attached hydrogens (primary N) is 1. The molecule has 0 fully saturated rings. The first-order chi connectivity index (χ1) is 6.91. The summed E-state index contributed by atoms with van der Waals surface area (Å²) < 4.78 is 0. The molecule has 0 aromatic heterocycles. The molecule has 0 heterocycles. The zero-order valence-electron chi connectivity index (χ0n) is 8.36. The van der Waals surface area contributed by atoms with Crippen molar-refractivity contribution >= 4 is 0 Å². The van der Waals surface area contributed by atoms with Gasteiger partial charge in [-0.15, -0.1) is 0 Å². The van der Waals surface area contributed by atoms with E-state index in [-0.39, 0.29) is 29.0 Å². The van der Waals surface area contributed by atoms with Gasteiger partial charge in [0.2, 0.25) is 0 Å². The van der Waals surface area contributed by atoms with E-state index < -0.39 is 6.10 Å². The van der Waals surface area contributed by atoms with Crippen molar-refractivity contribution in [2.75, 3.05) is 27.3 Å². The van der Waals surface area contributed by atoms with E-state index in [4.69, 9.17) is 0 Å². The van der Waals surface area contributed by atoms with Crippen LogP contribution in [0.4, 0.5) is 0 Å². The van der Waals surface area contributed by atoms with Crippen LogP contribution in [0.3, 0.4) is 0 Å². The van der Waals surface area contributed by atoms with Crippen LogP contribution in [-0.4, -0.2) is 49.2 Å². The summed E-state index contributed by atoms with van der Waals surface area (Å²) in [6.45, 7) is -0.548. The van der Waals surface area contributed by atoms with Crippen molar-refractivity contribution in [1.82, 2.24) is 15.8 Å². The Bertz CT molecular complexity index is 144. The molecule has 0 aromatic carbocycles. The number of hydrogen-bond donors (Lipinski definition) is 1. The molecule has 0 amide bonds. The van der Waals surface area contributed by atoms with Crippen LogP contribution >= 0.6 is 0 Å². The molecule has 0 atom stereocenters. The Morgan fingerprint density at radius 1 is 1.07 bits per heavy atom. The van der Waals surface area contributed by atoms with Gasteiger partial charge in [-0.05, 0) is 14.1 Å². The molecule has 15 heavy (non-hydrogen) atoms. The van der Waals surface area contributed by atoms with Crippen LogP contribution in [0, 0.1) is 15.6 Å². The second-order valence-electron chi connectivity index (χ2n) is 2.48. The molecule has 2 N–H and O–H groups in total. The fourth-order valence-corrected chi connectivity index (χ4v) is 0.632. The Morgan fingerprint density at radius 2 is 1.47 bits per heavy atom. The number of hydrogen-bond acceptors (Lipinski definition) is 10. The number of hydrazine groups is 1. The minimum Gasteiger partial charge on any atom is -0.762 e. The van der Waals surface area contributed by atoms with Crippen molar-refractivity contribution in [3.63, 3.8) is 0 Å². The van der Waals surface area contributed by atoms with Crippen molar-refractivity contribution < 1.29 is 14.5 Å². The second kappa shape index (κ2) is 7.84. The number of hydroxylamine groups is 4. The normalized spacial score (nSPS) is 12.4. The summed E-state index contributed by atoms with van der Waals surface area (Å²) >= 11 is 0. The monoisotopic (exact) mass is 225 g/mol. The fraction of sp³-hybridized carbons (Fsp3) is 1.00. The molecule has 0 aliphatic carbocycles. The first-order valence-corrected chi connectivity index (χ1v) is 3.88.